The van der Waals surface area contributed by atoms with Gasteiger partial charge in [-0.2, -0.15) is 14.0 Å². The van der Waals surface area contributed by atoms with Crippen LogP contribution < -0.4 is 0 Å². The summed E-state index contributed by atoms with van der Waals surface area (Å²) in [5.41, 5.74) is 2.00. The van der Waals surface area contributed by atoms with Crippen LogP contribution in [-0.4, -0.2) is 0 Å². The quantitative estimate of drug-likeness (QED) is 0.674. The van der Waals surface area contributed by atoms with Crippen LogP contribution in [0.15, 0.2) is 12.1 Å². The van der Waals surface area contributed by atoms with E-state index in [0.717, 1.165) is 17.2 Å². The fourth-order valence-electron chi connectivity index (χ4n) is 1.36. The summed E-state index contributed by atoms with van der Waals surface area (Å²) in [6.45, 7) is 5.20. The first-order valence-corrected chi connectivity index (χ1v) is 4.26. The molecular formula is C11H11F2N. The van der Waals surface area contributed by atoms with Crippen molar-refractivity contribution in [3.8, 4) is 6.07 Å². The number of nitriles is 1. The molecule has 3 heteroatoms. The van der Waals surface area contributed by atoms with Crippen molar-refractivity contribution in [2.24, 2.45) is 0 Å². The van der Waals surface area contributed by atoms with E-state index in [2.05, 4.69) is 0 Å². The summed E-state index contributed by atoms with van der Waals surface area (Å²) >= 11 is 0. The molecule has 0 aliphatic heterocycles. The van der Waals surface area contributed by atoms with E-state index in [-0.39, 0.29) is 5.56 Å². The molecule has 74 valence electrons. The Hall–Kier alpha value is -1.43. The number of rotatable bonds is 1. The number of hydrogen-bond acceptors (Lipinski definition) is 1. The fourth-order valence-corrected chi connectivity index (χ4v) is 1.36. The molecule has 0 bridgehead atoms. The summed E-state index contributed by atoms with van der Waals surface area (Å²) < 4.78 is 26.2. The van der Waals surface area contributed by atoms with Gasteiger partial charge in [0.05, 0.1) is 0 Å². The number of alkyl halides is 2. The van der Waals surface area contributed by atoms with Gasteiger partial charge in [-0.25, -0.2) is 0 Å². The molecule has 0 aromatic heterocycles. The Bertz CT molecular complexity index is 402. The van der Waals surface area contributed by atoms with Crippen LogP contribution in [0.2, 0.25) is 0 Å². The molecule has 0 aliphatic rings. The van der Waals surface area contributed by atoms with Crippen molar-refractivity contribution < 1.29 is 8.78 Å². The van der Waals surface area contributed by atoms with Crippen LogP contribution in [0.25, 0.3) is 0 Å². The molecule has 0 aliphatic carbocycles. The molecule has 0 saturated heterocycles. The molecule has 0 atom stereocenters. The van der Waals surface area contributed by atoms with Gasteiger partial charge in [0.25, 0.3) is 0 Å². The molecule has 0 fully saturated rings. The lowest BCUT2D eigenvalue weighted by atomic mass is 9.97. The Morgan fingerprint density at radius 1 is 1.07 bits per heavy atom. The van der Waals surface area contributed by atoms with Crippen LogP contribution in [0, 0.1) is 32.1 Å². The Labute approximate surface area is 82.0 Å². The van der Waals surface area contributed by atoms with Crippen molar-refractivity contribution in [1.29, 1.82) is 5.26 Å². The zero-order valence-electron chi connectivity index (χ0n) is 8.36. The first-order valence-electron chi connectivity index (χ1n) is 4.26. The highest BCUT2D eigenvalue weighted by Gasteiger charge is 2.32. The maximum Gasteiger partial charge on any atom is 0.357 e. The minimum Gasteiger partial charge on any atom is -0.191 e. The summed E-state index contributed by atoms with van der Waals surface area (Å²) in [7, 11) is 0. The minimum absolute atomic E-state index is 0.192. The van der Waals surface area contributed by atoms with E-state index in [0.29, 0.717) is 5.56 Å². The predicted octanol–water partition coefficient (Wildman–Crippen LogP) is 3.23. The Morgan fingerprint density at radius 3 is 2.07 bits per heavy atom. The Morgan fingerprint density at radius 2 is 1.57 bits per heavy atom. The van der Waals surface area contributed by atoms with Crippen LogP contribution in [0.1, 0.15) is 22.3 Å². The molecule has 14 heavy (non-hydrogen) atoms. The third-order valence-corrected chi connectivity index (χ3v) is 2.32. The van der Waals surface area contributed by atoms with Crippen molar-refractivity contribution in [1.82, 2.24) is 0 Å². The highest BCUT2D eigenvalue weighted by atomic mass is 19.3. The fraction of sp³-hybridized carbons (Fsp3) is 0.364. The van der Waals surface area contributed by atoms with Gasteiger partial charge in [-0.1, -0.05) is 6.07 Å². The summed E-state index contributed by atoms with van der Waals surface area (Å²) in [5, 5.41) is 8.33. The average Bonchev–Trinajstić information content (AvgIpc) is 2.11. The highest BCUT2D eigenvalue weighted by Crippen LogP contribution is 2.31. The first kappa shape index (κ1) is 10.6. The summed E-state index contributed by atoms with van der Waals surface area (Å²) in [6, 6.07) is 4.07. The Kier molecular flexibility index (Phi) is 2.57. The second-order valence-corrected chi connectivity index (χ2v) is 3.44. The number of nitrogens with zero attached hydrogens (tertiary/aromatic N) is 1. The van der Waals surface area contributed by atoms with Crippen LogP contribution in [-0.2, 0) is 5.92 Å². The normalized spacial score (nSPS) is 11.1. The van der Waals surface area contributed by atoms with E-state index in [1.165, 1.54) is 6.07 Å². The van der Waals surface area contributed by atoms with Crippen LogP contribution in [0.4, 0.5) is 8.78 Å². The van der Waals surface area contributed by atoms with Crippen molar-refractivity contribution in [3.05, 3.63) is 34.4 Å². The second-order valence-electron chi connectivity index (χ2n) is 3.44. The monoisotopic (exact) mass is 195 g/mol. The zero-order chi connectivity index (χ0) is 10.9. The standard InChI is InChI=1S/C11H11F2N/c1-7-4-9(3)10(5-8(7)2)11(12,13)6-14/h4-5H,1-3H3. The maximum atomic E-state index is 13.1. The molecule has 0 unspecified atom stereocenters. The molecular weight excluding hydrogens is 184 g/mol. The van der Waals surface area contributed by atoms with Crippen LogP contribution in [0.5, 0.6) is 0 Å². The lowest BCUT2D eigenvalue weighted by Crippen LogP contribution is -2.12. The van der Waals surface area contributed by atoms with Gasteiger partial charge in [0, 0.05) is 5.56 Å². The topological polar surface area (TPSA) is 23.8 Å². The van der Waals surface area contributed by atoms with E-state index in [1.807, 2.05) is 6.92 Å². The molecule has 0 N–H and O–H groups in total. The smallest absolute Gasteiger partial charge is 0.191 e. The Balaban J connectivity index is 3.38. The van der Waals surface area contributed by atoms with Crippen molar-refractivity contribution in [3.63, 3.8) is 0 Å². The summed E-state index contributed by atoms with van der Waals surface area (Å²) in [4.78, 5) is 0. The second kappa shape index (κ2) is 3.38. The van der Waals surface area contributed by atoms with Gasteiger partial charge >= 0.3 is 5.92 Å². The maximum absolute atomic E-state index is 13.1. The van der Waals surface area contributed by atoms with E-state index >= 15 is 0 Å². The lowest BCUT2D eigenvalue weighted by Gasteiger charge is -2.13. The summed E-state index contributed by atoms with van der Waals surface area (Å²) in [6.07, 6.45) is 0. The zero-order valence-corrected chi connectivity index (χ0v) is 8.36. The third-order valence-electron chi connectivity index (χ3n) is 2.32. The first-order chi connectivity index (χ1) is 6.38. The SMILES string of the molecule is Cc1cc(C)c(C(F)(F)C#N)cc1C. The van der Waals surface area contributed by atoms with Gasteiger partial charge in [0.1, 0.15) is 6.07 Å². The lowest BCUT2D eigenvalue weighted by molar-refractivity contribution is 0.0605. The number of benzene rings is 1. The molecule has 0 heterocycles. The van der Waals surface area contributed by atoms with Crippen LogP contribution >= 0.6 is 0 Å². The molecule has 1 nitrogen and oxygen atoms in total. The molecule has 1 aromatic rings. The van der Waals surface area contributed by atoms with E-state index in [1.54, 1.807) is 19.9 Å². The van der Waals surface area contributed by atoms with Gasteiger partial charge in [0.2, 0.25) is 0 Å². The molecule has 1 rings (SSSR count). The van der Waals surface area contributed by atoms with E-state index in [9.17, 15) is 8.78 Å². The number of hydrogen-bond donors (Lipinski definition) is 0. The number of halogens is 2. The summed E-state index contributed by atoms with van der Waals surface area (Å²) in [5.74, 6) is -3.39. The van der Waals surface area contributed by atoms with Crippen LogP contribution in [0.3, 0.4) is 0 Å². The van der Waals surface area contributed by atoms with Gasteiger partial charge in [-0.05, 0) is 43.5 Å². The van der Waals surface area contributed by atoms with E-state index in [4.69, 9.17) is 5.26 Å². The van der Waals surface area contributed by atoms with E-state index < -0.39 is 5.92 Å². The minimum atomic E-state index is -3.39. The van der Waals surface area contributed by atoms with Gasteiger partial charge in [0.15, 0.2) is 0 Å². The van der Waals surface area contributed by atoms with Crippen molar-refractivity contribution >= 4 is 0 Å². The van der Waals surface area contributed by atoms with Gasteiger partial charge in [-0.3, -0.25) is 0 Å². The average molecular weight is 195 g/mol. The molecule has 0 saturated carbocycles. The number of aryl methyl sites for hydroxylation is 3. The highest BCUT2D eigenvalue weighted by molar-refractivity contribution is 5.40. The van der Waals surface area contributed by atoms with Crippen molar-refractivity contribution in [2.75, 3.05) is 0 Å². The molecule has 0 spiro atoms. The van der Waals surface area contributed by atoms with Gasteiger partial charge < -0.3 is 0 Å². The molecule has 0 radical (unpaired) electrons. The van der Waals surface area contributed by atoms with Crippen molar-refractivity contribution in [2.45, 2.75) is 26.7 Å². The molecule has 1 aromatic carbocycles. The largest absolute Gasteiger partial charge is 0.357 e. The van der Waals surface area contributed by atoms with Gasteiger partial charge in [-0.15, -0.1) is 0 Å². The predicted molar refractivity (Wildman–Crippen MR) is 50.2 cm³/mol. The third kappa shape index (κ3) is 1.74. The molecule has 0 amide bonds.